The zero-order chi connectivity index (χ0) is 13.2. The summed E-state index contributed by atoms with van der Waals surface area (Å²) in [6.45, 7) is 8.14. The molecule has 0 spiro atoms. The van der Waals surface area contributed by atoms with Crippen molar-refractivity contribution < 1.29 is 0 Å². The Morgan fingerprint density at radius 1 is 1.22 bits per heavy atom. The van der Waals surface area contributed by atoms with Crippen molar-refractivity contribution in [3.05, 3.63) is 34.3 Å². The number of nitrogens with one attached hydrogen (secondary N) is 1. The van der Waals surface area contributed by atoms with E-state index in [9.17, 15) is 0 Å². The van der Waals surface area contributed by atoms with Crippen molar-refractivity contribution in [2.75, 3.05) is 6.54 Å². The Morgan fingerprint density at radius 2 is 1.83 bits per heavy atom. The first-order valence-corrected chi connectivity index (χ1v) is 7.85. The standard InChI is InChI=1S/C16H24BrN/c1-4-15(13-5-7-14(17)8-6-13)18-11-16(9-10-16)12(2)3/h5-8,12,15,18H,4,9-11H2,1-3H3. The fourth-order valence-corrected chi connectivity index (χ4v) is 2.90. The molecule has 0 aromatic heterocycles. The second-order valence-electron chi connectivity index (χ2n) is 5.91. The first-order chi connectivity index (χ1) is 8.57. The van der Waals surface area contributed by atoms with E-state index in [0.717, 1.165) is 16.8 Å². The Morgan fingerprint density at radius 3 is 2.28 bits per heavy atom. The van der Waals surface area contributed by atoms with E-state index in [4.69, 9.17) is 0 Å². The molecule has 1 atom stereocenters. The quantitative estimate of drug-likeness (QED) is 0.786. The number of rotatable bonds is 6. The Hall–Kier alpha value is -0.340. The molecule has 0 radical (unpaired) electrons. The topological polar surface area (TPSA) is 12.0 Å². The molecule has 0 saturated heterocycles. The van der Waals surface area contributed by atoms with Crippen LogP contribution in [0.2, 0.25) is 0 Å². The predicted molar refractivity (Wildman–Crippen MR) is 81.7 cm³/mol. The predicted octanol–water partition coefficient (Wildman–Crippen LogP) is 4.93. The van der Waals surface area contributed by atoms with Gasteiger partial charge in [0.25, 0.3) is 0 Å². The van der Waals surface area contributed by atoms with Gasteiger partial charge in [0, 0.05) is 17.1 Å². The van der Waals surface area contributed by atoms with Gasteiger partial charge in [-0.25, -0.2) is 0 Å². The van der Waals surface area contributed by atoms with Crippen molar-refractivity contribution in [3.63, 3.8) is 0 Å². The van der Waals surface area contributed by atoms with Gasteiger partial charge in [0.2, 0.25) is 0 Å². The molecule has 0 bridgehead atoms. The van der Waals surface area contributed by atoms with Crippen LogP contribution in [0.15, 0.2) is 28.7 Å². The van der Waals surface area contributed by atoms with E-state index in [-0.39, 0.29) is 0 Å². The SMILES string of the molecule is CCC(NCC1(C(C)C)CC1)c1ccc(Br)cc1. The van der Waals surface area contributed by atoms with Crippen molar-refractivity contribution in [1.29, 1.82) is 0 Å². The van der Waals surface area contributed by atoms with Gasteiger partial charge in [0.1, 0.15) is 0 Å². The summed E-state index contributed by atoms with van der Waals surface area (Å²) in [7, 11) is 0. The summed E-state index contributed by atoms with van der Waals surface area (Å²) >= 11 is 3.50. The van der Waals surface area contributed by atoms with Gasteiger partial charge >= 0.3 is 0 Å². The van der Waals surface area contributed by atoms with Gasteiger partial charge in [-0.15, -0.1) is 0 Å². The minimum atomic E-state index is 0.495. The van der Waals surface area contributed by atoms with Crippen molar-refractivity contribution in [2.24, 2.45) is 11.3 Å². The highest BCUT2D eigenvalue weighted by Gasteiger charge is 2.44. The maximum atomic E-state index is 3.77. The monoisotopic (exact) mass is 309 g/mol. The third-order valence-corrected chi connectivity index (χ3v) is 5.03. The molecule has 100 valence electrons. The van der Waals surface area contributed by atoms with Crippen LogP contribution in [-0.4, -0.2) is 6.54 Å². The maximum Gasteiger partial charge on any atom is 0.0317 e. The van der Waals surface area contributed by atoms with Crippen LogP contribution >= 0.6 is 15.9 Å². The van der Waals surface area contributed by atoms with Crippen LogP contribution in [0.4, 0.5) is 0 Å². The summed E-state index contributed by atoms with van der Waals surface area (Å²) in [5.74, 6) is 0.799. The molecule has 18 heavy (non-hydrogen) atoms. The van der Waals surface area contributed by atoms with Gasteiger partial charge in [-0.1, -0.05) is 48.8 Å². The molecule has 1 nitrogen and oxygen atoms in total. The normalized spacial score (nSPS) is 18.9. The van der Waals surface area contributed by atoms with Gasteiger partial charge in [-0.3, -0.25) is 0 Å². The van der Waals surface area contributed by atoms with Crippen LogP contribution in [0.3, 0.4) is 0 Å². The first kappa shape index (κ1) is 14.1. The minimum Gasteiger partial charge on any atom is -0.309 e. The summed E-state index contributed by atoms with van der Waals surface area (Å²) in [6.07, 6.45) is 3.94. The van der Waals surface area contributed by atoms with Gasteiger partial charge in [0.05, 0.1) is 0 Å². The molecule has 1 aromatic carbocycles. The average molecular weight is 310 g/mol. The third-order valence-electron chi connectivity index (χ3n) is 4.50. The lowest BCUT2D eigenvalue weighted by Gasteiger charge is -2.25. The molecule has 1 saturated carbocycles. The fraction of sp³-hybridized carbons (Fsp3) is 0.625. The molecule has 1 aliphatic carbocycles. The minimum absolute atomic E-state index is 0.495. The molecule has 0 heterocycles. The number of hydrogen-bond donors (Lipinski definition) is 1. The molecule has 1 unspecified atom stereocenters. The zero-order valence-corrected chi connectivity index (χ0v) is 13.3. The Bertz CT molecular complexity index is 379. The second kappa shape index (κ2) is 5.75. The van der Waals surface area contributed by atoms with Gasteiger partial charge in [-0.2, -0.15) is 0 Å². The molecular formula is C16H24BrN. The molecule has 1 aliphatic rings. The van der Waals surface area contributed by atoms with Crippen molar-refractivity contribution in [1.82, 2.24) is 5.32 Å². The third kappa shape index (κ3) is 3.16. The van der Waals surface area contributed by atoms with E-state index < -0.39 is 0 Å². The molecule has 0 aliphatic heterocycles. The van der Waals surface area contributed by atoms with E-state index in [1.165, 1.54) is 24.9 Å². The van der Waals surface area contributed by atoms with E-state index in [1.54, 1.807) is 0 Å². The molecule has 2 rings (SSSR count). The first-order valence-electron chi connectivity index (χ1n) is 7.06. The van der Waals surface area contributed by atoms with Gasteiger partial charge in [0.15, 0.2) is 0 Å². The molecule has 2 heteroatoms. The number of hydrogen-bond acceptors (Lipinski definition) is 1. The second-order valence-corrected chi connectivity index (χ2v) is 6.83. The maximum absolute atomic E-state index is 3.77. The highest BCUT2D eigenvalue weighted by atomic mass is 79.9. The van der Waals surface area contributed by atoms with Crippen molar-refractivity contribution in [2.45, 2.75) is 46.1 Å². The summed E-state index contributed by atoms with van der Waals surface area (Å²) in [5.41, 5.74) is 1.99. The molecule has 0 amide bonds. The number of halogens is 1. The highest BCUT2D eigenvalue weighted by molar-refractivity contribution is 9.10. The lowest BCUT2D eigenvalue weighted by atomic mass is 9.91. The fourth-order valence-electron chi connectivity index (χ4n) is 2.64. The van der Waals surface area contributed by atoms with E-state index in [1.807, 2.05) is 0 Å². The highest BCUT2D eigenvalue weighted by Crippen LogP contribution is 2.51. The van der Waals surface area contributed by atoms with Crippen molar-refractivity contribution in [3.8, 4) is 0 Å². The largest absolute Gasteiger partial charge is 0.309 e. The molecule has 1 N–H and O–H groups in total. The van der Waals surface area contributed by atoms with Gasteiger partial charge < -0.3 is 5.32 Å². The Balaban J connectivity index is 1.96. The Labute approximate surface area is 119 Å². The lowest BCUT2D eigenvalue weighted by Crippen LogP contribution is -2.30. The van der Waals surface area contributed by atoms with Crippen LogP contribution in [0.1, 0.15) is 51.6 Å². The Kier molecular flexibility index (Phi) is 4.50. The zero-order valence-electron chi connectivity index (χ0n) is 11.7. The van der Waals surface area contributed by atoms with E-state index in [0.29, 0.717) is 11.5 Å². The molecule has 1 fully saturated rings. The van der Waals surface area contributed by atoms with Crippen LogP contribution in [0, 0.1) is 11.3 Å². The van der Waals surface area contributed by atoms with Crippen LogP contribution in [0.25, 0.3) is 0 Å². The van der Waals surface area contributed by atoms with E-state index >= 15 is 0 Å². The smallest absolute Gasteiger partial charge is 0.0317 e. The molecular weight excluding hydrogens is 286 g/mol. The van der Waals surface area contributed by atoms with E-state index in [2.05, 4.69) is 66.3 Å². The number of benzene rings is 1. The summed E-state index contributed by atoms with van der Waals surface area (Å²) in [6, 6.07) is 9.21. The van der Waals surface area contributed by atoms with Crippen LogP contribution in [0.5, 0.6) is 0 Å². The summed E-state index contributed by atoms with van der Waals surface area (Å²) in [5, 5.41) is 3.77. The summed E-state index contributed by atoms with van der Waals surface area (Å²) < 4.78 is 1.15. The molecule has 1 aromatic rings. The lowest BCUT2D eigenvalue weighted by molar-refractivity contribution is 0.318. The summed E-state index contributed by atoms with van der Waals surface area (Å²) in [4.78, 5) is 0. The van der Waals surface area contributed by atoms with Crippen LogP contribution < -0.4 is 5.32 Å². The van der Waals surface area contributed by atoms with Crippen LogP contribution in [-0.2, 0) is 0 Å². The average Bonchev–Trinajstić information content (AvgIpc) is 3.13. The van der Waals surface area contributed by atoms with Gasteiger partial charge in [-0.05, 0) is 48.3 Å². The van der Waals surface area contributed by atoms with Crippen molar-refractivity contribution >= 4 is 15.9 Å².